The van der Waals surface area contributed by atoms with Gasteiger partial charge in [0.05, 0.1) is 13.4 Å². The number of carbonyl (C=O) groups excluding carboxylic acids is 1. The molecule has 2 aromatic heterocycles. The second kappa shape index (κ2) is 7.13. The fraction of sp³-hybridized carbons (Fsp3) is 0.167. The third-order valence-electron chi connectivity index (χ3n) is 3.80. The van der Waals surface area contributed by atoms with Crippen molar-refractivity contribution in [2.24, 2.45) is 0 Å². The zero-order chi connectivity index (χ0) is 18.8. The number of rotatable bonds is 4. The number of methoxy groups -OCH3 is 1. The van der Waals surface area contributed by atoms with E-state index in [1.54, 1.807) is 43.1 Å². The number of aryl methyl sites for hydroxylation is 1. The minimum Gasteiger partial charge on any atom is -0.464 e. The molecule has 0 aliphatic carbocycles. The number of hydrogen-bond donors (Lipinski definition) is 0. The van der Waals surface area contributed by atoms with Crippen molar-refractivity contribution in [1.82, 2.24) is 9.97 Å². The number of ether oxygens (including phenoxy) is 1. The summed E-state index contributed by atoms with van der Waals surface area (Å²) < 4.78 is 24.0. The predicted molar refractivity (Wildman–Crippen MR) is 95.3 cm³/mol. The highest BCUT2D eigenvalue weighted by Crippen LogP contribution is 2.33. The number of aromatic nitrogens is 2. The van der Waals surface area contributed by atoms with Crippen LogP contribution in [0.5, 0.6) is 0 Å². The highest BCUT2D eigenvalue weighted by molar-refractivity contribution is 6.35. The quantitative estimate of drug-likeness (QED) is 0.630. The second-order valence-electron chi connectivity index (χ2n) is 5.50. The van der Waals surface area contributed by atoms with Gasteiger partial charge < -0.3 is 9.15 Å². The number of nitrogens with zero attached hydrogens (tertiary/aromatic N) is 3. The summed E-state index contributed by atoms with van der Waals surface area (Å²) in [5.41, 5.74) is 0.779. The summed E-state index contributed by atoms with van der Waals surface area (Å²) in [4.78, 5) is 22.2. The predicted octanol–water partition coefficient (Wildman–Crippen LogP) is 4.39. The highest BCUT2D eigenvalue weighted by atomic mass is 35.5. The van der Waals surface area contributed by atoms with Crippen LogP contribution in [0.15, 0.2) is 41.0 Å². The summed E-state index contributed by atoms with van der Waals surface area (Å²) in [5, 5.41) is 0.00656. The van der Waals surface area contributed by atoms with Crippen LogP contribution >= 0.6 is 11.6 Å². The molecule has 0 aliphatic heterocycles. The molecule has 1 aromatic carbocycles. The van der Waals surface area contributed by atoms with Crippen molar-refractivity contribution in [2.75, 3.05) is 19.1 Å². The lowest BCUT2D eigenvalue weighted by molar-refractivity contribution is 0.0594. The minimum atomic E-state index is -0.722. The number of hydrogen-bond acceptors (Lipinski definition) is 6. The van der Waals surface area contributed by atoms with Gasteiger partial charge in [0.15, 0.2) is 17.3 Å². The first kappa shape index (κ1) is 17.9. The van der Waals surface area contributed by atoms with Crippen LogP contribution in [0.2, 0.25) is 5.02 Å². The Labute approximate surface area is 154 Å². The van der Waals surface area contributed by atoms with E-state index in [-0.39, 0.29) is 22.4 Å². The molecular weight excluding hydrogens is 361 g/mol. The molecule has 134 valence electrons. The first-order chi connectivity index (χ1) is 12.4. The van der Waals surface area contributed by atoms with Gasteiger partial charge in [-0.15, -0.1) is 0 Å². The molecule has 0 radical (unpaired) electrons. The number of anilines is 2. The van der Waals surface area contributed by atoms with Gasteiger partial charge in [0.1, 0.15) is 10.8 Å². The molecule has 0 saturated carbocycles. The van der Waals surface area contributed by atoms with Crippen LogP contribution in [-0.4, -0.2) is 30.1 Å². The van der Waals surface area contributed by atoms with Gasteiger partial charge in [-0.2, -0.15) is 0 Å². The van der Waals surface area contributed by atoms with E-state index >= 15 is 0 Å². The van der Waals surface area contributed by atoms with Crippen LogP contribution in [-0.2, 0) is 4.74 Å². The normalized spacial score (nSPS) is 10.7. The van der Waals surface area contributed by atoms with Crippen molar-refractivity contribution in [1.29, 1.82) is 0 Å². The third-order valence-corrected chi connectivity index (χ3v) is 4.14. The van der Waals surface area contributed by atoms with Crippen LogP contribution in [0.4, 0.5) is 16.1 Å². The Hall–Kier alpha value is -2.93. The van der Waals surface area contributed by atoms with Gasteiger partial charge in [0, 0.05) is 18.7 Å². The Bertz CT molecular complexity index is 961. The molecule has 0 bridgehead atoms. The van der Waals surface area contributed by atoms with Gasteiger partial charge in [-0.1, -0.05) is 23.7 Å². The first-order valence-electron chi connectivity index (χ1n) is 7.62. The summed E-state index contributed by atoms with van der Waals surface area (Å²) in [6.07, 6.45) is 1.50. The largest absolute Gasteiger partial charge is 0.464 e. The number of carbonyl (C=O) groups is 1. The van der Waals surface area contributed by atoms with E-state index < -0.39 is 11.8 Å². The van der Waals surface area contributed by atoms with Crippen molar-refractivity contribution in [3.8, 4) is 11.4 Å². The van der Waals surface area contributed by atoms with Gasteiger partial charge in [0.2, 0.25) is 5.88 Å². The van der Waals surface area contributed by atoms with Crippen molar-refractivity contribution in [3.05, 3.63) is 58.7 Å². The fourth-order valence-corrected chi connectivity index (χ4v) is 2.60. The molecule has 0 fully saturated rings. The molecule has 3 aromatic rings. The SMILES string of the molecule is COC(=O)c1nc(-c2ccc(C)c(F)c2)nc(N(C)c2ccco2)c1Cl. The summed E-state index contributed by atoms with van der Waals surface area (Å²) in [5.74, 6) is -0.292. The lowest BCUT2D eigenvalue weighted by Gasteiger charge is -2.18. The number of halogens is 2. The van der Waals surface area contributed by atoms with Crippen LogP contribution in [0, 0.1) is 12.7 Å². The lowest BCUT2D eigenvalue weighted by Crippen LogP contribution is -2.16. The summed E-state index contributed by atoms with van der Waals surface area (Å²) >= 11 is 6.33. The van der Waals surface area contributed by atoms with Gasteiger partial charge in [0.25, 0.3) is 0 Å². The van der Waals surface area contributed by atoms with E-state index in [1.165, 1.54) is 19.4 Å². The van der Waals surface area contributed by atoms with E-state index in [1.807, 2.05) is 0 Å². The fourth-order valence-electron chi connectivity index (χ4n) is 2.32. The molecular formula is C18H15ClFN3O3. The van der Waals surface area contributed by atoms with Crippen molar-refractivity contribution >= 4 is 29.3 Å². The van der Waals surface area contributed by atoms with Gasteiger partial charge in [-0.05, 0) is 24.6 Å². The summed E-state index contributed by atoms with van der Waals surface area (Å²) in [7, 11) is 2.90. The molecule has 0 atom stereocenters. The molecule has 3 rings (SSSR count). The summed E-state index contributed by atoms with van der Waals surface area (Å²) in [6.45, 7) is 1.65. The molecule has 0 aliphatic rings. The molecule has 2 heterocycles. The van der Waals surface area contributed by atoms with Crippen molar-refractivity contribution in [3.63, 3.8) is 0 Å². The van der Waals surface area contributed by atoms with Crippen LogP contribution in [0.25, 0.3) is 11.4 Å². The van der Waals surface area contributed by atoms with E-state index in [0.717, 1.165) is 0 Å². The summed E-state index contributed by atoms with van der Waals surface area (Å²) in [6, 6.07) is 7.99. The van der Waals surface area contributed by atoms with Gasteiger partial charge >= 0.3 is 5.97 Å². The molecule has 0 unspecified atom stereocenters. The highest BCUT2D eigenvalue weighted by Gasteiger charge is 2.23. The number of furan rings is 1. The third kappa shape index (κ3) is 3.25. The average Bonchev–Trinajstić information content (AvgIpc) is 3.17. The van der Waals surface area contributed by atoms with E-state index in [4.69, 9.17) is 20.8 Å². The van der Waals surface area contributed by atoms with Gasteiger partial charge in [-0.25, -0.2) is 19.2 Å². The zero-order valence-electron chi connectivity index (χ0n) is 14.3. The Morgan fingerprint density at radius 3 is 2.69 bits per heavy atom. The van der Waals surface area contributed by atoms with Crippen LogP contribution in [0.1, 0.15) is 16.1 Å². The van der Waals surface area contributed by atoms with Crippen LogP contribution in [0.3, 0.4) is 0 Å². The molecule has 6 nitrogen and oxygen atoms in total. The Kier molecular flexibility index (Phi) is 4.90. The van der Waals surface area contributed by atoms with Crippen molar-refractivity contribution in [2.45, 2.75) is 6.92 Å². The molecule has 26 heavy (non-hydrogen) atoms. The van der Waals surface area contributed by atoms with Crippen LogP contribution < -0.4 is 4.90 Å². The lowest BCUT2D eigenvalue weighted by atomic mass is 10.1. The zero-order valence-corrected chi connectivity index (χ0v) is 15.0. The van der Waals surface area contributed by atoms with Gasteiger partial charge in [-0.3, -0.25) is 4.90 Å². The maximum atomic E-state index is 14.0. The Morgan fingerprint density at radius 1 is 1.31 bits per heavy atom. The molecule has 0 spiro atoms. The van der Waals surface area contributed by atoms with E-state index in [9.17, 15) is 9.18 Å². The Morgan fingerprint density at radius 2 is 2.08 bits per heavy atom. The minimum absolute atomic E-state index is 0.00656. The van der Waals surface area contributed by atoms with E-state index in [0.29, 0.717) is 17.0 Å². The monoisotopic (exact) mass is 375 g/mol. The molecule has 8 heteroatoms. The smallest absolute Gasteiger partial charge is 0.358 e. The molecule has 0 saturated heterocycles. The molecule has 0 N–H and O–H groups in total. The number of esters is 1. The van der Waals surface area contributed by atoms with E-state index in [2.05, 4.69) is 9.97 Å². The maximum Gasteiger partial charge on any atom is 0.358 e. The van der Waals surface area contributed by atoms with Crippen molar-refractivity contribution < 1.29 is 18.3 Å². The molecule has 0 amide bonds. The Balaban J connectivity index is 2.20. The second-order valence-corrected chi connectivity index (χ2v) is 5.88. The standard InChI is InChI=1S/C18H15ClFN3O3/c1-10-6-7-11(9-12(10)20)16-21-15(18(24)25-3)14(19)17(22-16)23(2)13-5-4-8-26-13/h4-9H,1-3H3. The average molecular weight is 376 g/mol. The first-order valence-corrected chi connectivity index (χ1v) is 7.99. The topological polar surface area (TPSA) is 68.5 Å². The maximum absolute atomic E-state index is 14.0. The number of benzene rings is 1.